The van der Waals surface area contributed by atoms with Gasteiger partial charge in [0, 0.05) is 35.9 Å². The molecular formula is C15H25N3OS. The first-order valence-corrected chi connectivity index (χ1v) is 8.09. The fraction of sp³-hybridized carbons (Fsp3) is 0.667. The van der Waals surface area contributed by atoms with Crippen LogP contribution in [0.4, 0.5) is 0 Å². The molecule has 0 fully saturated rings. The predicted molar refractivity (Wildman–Crippen MR) is 84.6 cm³/mol. The number of likely N-dealkylation sites (N-methyl/N-ethyl adjacent to an activating group) is 2. The molecule has 1 aliphatic heterocycles. The summed E-state index contributed by atoms with van der Waals surface area (Å²) in [4.78, 5) is 19.5. The fourth-order valence-electron chi connectivity index (χ4n) is 2.58. The molecule has 2 rings (SSSR count). The molecule has 0 unspecified atom stereocenters. The number of thiophene rings is 1. The molecule has 1 amide bonds. The van der Waals surface area contributed by atoms with Gasteiger partial charge in [0.15, 0.2) is 0 Å². The molecule has 0 atom stereocenters. The summed E-state index contributed by atoms with van der Waals surface area (Å²) in [6, 6.07) is 0. The maximum atomic E-state index is 12.5. The summed E-state index contributed by atoms with van der Waals surface area (Å²) in [5.41, 5.74) is 2.27. The molecule has 0 saturated heterocycles. The van der Waals surface area contributed by atoms with Crippen LogP contribution in [0.2, 0.25) is 0 Å². The molecule has 0 spiro atoms. The van der Waals surface area contributed by atoms with Gasteiger partial charge in [0.25, 0.3) is 5.91 Å². The Hall–Kier alpha value is -0.910. The number of fused-ring (bicyclic) bond motifs is 1. The molecular weight excluding hydrogens is 270 g/mol. The molecule has 1 aromatic rings. The van der Waals surface area contributed by atoms with E-state index in [1.165, 1.54) is 15.3 Å². The smallest absolute Gasteiger partial charge is 0.252 e. The third-order valence-corrected chi connectivity index (χ3v) is 5.07. The molecule has 0 radical (unpaired) electrons. The SMILES string of the molecule is CCc1sc2c(c1C(=O)NCCN(C)C)CCN(C)C2. The first-order chi connectivity index (χ1) is 9.52. The standard InChI is InChI=1S/C15H25N3OS/c1-5-12-14(15(19)16-7-9-17(2)3)11-6-8-18(4)10-13(11)20-12/h5-10H2,1-4H3,(H,16,19). The number of amides is 1. The highest BCUT2D eigenvalue weighted by molar-refractivity contribution is 7.12. The summed E-state index contributed by atoms with van der Waals surface area (Å²) in [6.45, 7) is 5.75. The van der Waals surface area contributed by atoms with E-state index in [-0.39, 0.29) is 5.91 Å². The van der Waals surface area contributed by atoms with Crippen LogP contribution < -0.4 is 5.32 Å². The molecule has 1 N–H and O–H groups in total. The minimum absolute atomic E-state index is 0.116. The highest BCUT2D eigenvalue weighted by atomic mass is 32.1. The minimum Gasteiger partial charge on any atom is -0.351 e. The highest BCUT2D eigenvalue weighted by Gasteiger charge is 2.25. The van der Waals surface area contributed by atoms with Gasteiger partial charge in [-0.25, -0.2) is 0 Å². The second kappa shape index (κ2) is 6.70. The molecule has 2 heterocycles. The molecule has 4 nitrogen and oxygen atoms in total. The third-order valence-electron chi connectivity index (χ3n) is 3.71. The molecule has 0 aromatic carbocycles. The topological polar surface area (TPSA) is 35.6 Å². The number of rotatable bonds is 5. The second-order valence-corrected chi connectivity index (χ2v) is 6.89. The number of carbonyl (C=O) groups is 1. The Balaban J connectivity index is 2.15. The van der Waals surface area contributed by atoms with E-state index in [4.69, 9.17) is 0 Å². The first kappa shape index (κ1) is 15.5. The zero-order chi connectivity index (χ0) is 14.7. The van der Waals surface area contributed by atoms with Crippen molar-refractivity contribution in [1.82, 2.24) is 15.1 Å². The zero-order valence-electron chi connectivity index (χ0n) is 13.0. The summed E-state index contributed by atoms with van der Waals surface area (Å²) < 4.78 is 0. The number of nitrogens with one attached hydrogen (secondary N) is 1. The molecule has 20 heavy (non-hydrogen) atoms. The van der Waals surface area contributed by atoms with Crippen molar-refractivity contribution in [1.29, 1.82) is 0 Å². The first-order valence-electron chi connectivity index (χ1n) is 7.27. The molecule has 1 aliphatic rings. The third kappa shape index (κ3) is 3.40. The van der Waals surface area contributed by atoms with Crippen LogP contribution in [0.1, 0.15) is 32.6 Å². The van der Waals surface area contributed by atoms with Gasteiger partial charge in [-0.15, -0.1) is 11.3 Å². The average molecular weight is 295 g/mol. The van der Waals surface area contributed by atoms with Crippen LogP contribution >= 0.6 is 11.3 Å². The zero-order valence-corrected chi connectivity index (χ0v) is 13.8. The summed E-state index contributed by atoms with van der Waals surface area (Å²) in [6.07, 6.45) is 1.94. The van der Waals surface area contributed by atoms with Crippen LogP contribution in [0.3, 0.4) is 0 Å². The van der Waals surface area contributed by atoms with Gasteiger partial charge in [-0.1, -0.05) is 6.92 Å². The molecule has 0 saturated carbocycles. The van der Waals surface area contributed by atoms with Crippen molar-refractivity contribution in [3.05, 3.63) is 20.9 Å². The van der Waals surface area contributed by atoms with E-state index in [2.05, 4.69) is 29.1 Å². The molecule has 0 aliphatic carbocycles. The van der Waals surface area contributed by atoms with Crippen LogP contribution in [-0.4, -0.2) is 56.5 Å². The number of aryl methyl sites for hydroxylation is 1. The lowest BCUT2D eigenvalue weighted by atomic mass is 10.0. The number of carbonyl (C=O) groups excluding carboxylic acids is 1. The van der Waals surface area contributed by atoms with Crippen LogP contribution in [0.5, 0.6) is 0 Å². The second-order valence-electron chi connectivity index (χ2n) is 5.70. The highest BCUT2D eigenvalue weighted by Crippen LogP contribution is 2.33. The van der Waals surface area contributed by atoms with Crippen molar-refractivity contribution in [3.8, 4) is 0 Å². The Labute approximate surface area is 125 Å². The Bertz CT molecular complexity index is 482. The van der Waals surface area contributed by atoms with Gasteiger partial charge in [-0.05, 0) is 39.5 Å². The lowest BCUT2D eigenvalue weighted by Crippen LogP contribution is -2.33. The Morgan fingerprint density at radius 2 is 2.20 bits per heavy atom. The molecule has 1 aromatic heterocycles. The van der Waals surface area contributed by atoms with Crippen molar-refractivity contribution in [2.75, 3.05) is 40.8 Å². The van der Waals surface area contributed by atoms with Gasteiger partial charge in [-0.2, -0.15) is 0 Å². The molecule has 112 valence electrons. The maximum absolute atomic E-state index is 12.5. The van der Waals surface area contributed by atoms with Gasteiger partial charge < -0.3 is 15.1 Å². The monoisotopic (exact) mass is 295 g/mol. The maximum Gasteiger partial charge on any atom is 0.252 e. The van der Waals surface area contributed by atoms with Crippen molar-refractivity contribution >= 4 is 17.2 Å². The minimum atomic E-state index is 0.116. The van der Waals surface area contributed by atoms with Gasteiger partial charge in [0.1, 0.15) is 0 Å². The molecule has 5 heteroatoms. The number of nitrogens with zero attached hydrogens (tertiary/aromatic N) is 2. The van der Waals surface area contributed by atoms with Gasteiger partial charge in [-0.3, -0.25) is 4.79 Å². The van der Waals surface area contributed by atoms with Gasteiger partial charge in [0.2, 0.25) is 0 Å². The van der Waals surface area contributed by atoms with Crippen molar-refractivity contribution in [2.24, 2.45) is 0 Å². The summed E-state index contributed by atoms with van der Waals surface area (Å²) >= 11 is 1.82. The summed E-state index contributed by atoms with van der Waals surface area (Å²) in [5, 5.41) is 3.06. The van der Waals surface area contributed by atoms with Crippen LogP contribution in [0.15, 0.2) is 0 Å². The lowest BCUT2D eigenvalue weighted by Gasteiger charge is -2.22. The van der Waals surface area contributed by atoms with E-state index < -0.39 is 0 Å². The number of hydrogen-bond donors (Lipinski definition) is 1. The predicted octanol–water partition coefficient (Wildman–Crippen LogP) is 1.59. The normalized spacial score (nSPS) is 15.4. The largest absolute Gasteiger partial charge is 0.351 e. The van der Waals surface area contributed by atoms with Crippen LogP contribution in [0, 0.1) is 0 Å². The van der Waals surface area contributed by atoms with Crippen molar-refractivity contribution in [2.45, 2.75) is 26.3 Å². The van der Waals surface area contributed by atoms with Crippen molar-refractivity contribution < 1.29 is 4.79 Å². The Morgan fingerprint density at radius 3 is 2.85 bits per heavy atom. The fourth-order valence-corrected chi connectivity index (χ4v) is 3.95. The van der Waals surface area contributed by atoms with E-state index in [9.17, 15) is 4.79 Å². The van der Waals surface area contributed by atoms with Crippen LogP contribution in [0.25, 0.3) is 0 Å². The van der Waals surface area contributed by atoms with Gasteiger partial charge in [0.05, 0.1) is 5.56 Å². The van der Waals surface area contributed by atoms with E-state index in [1.54, 1.807) is 0 Å². The Morgan fingerprint density at radius 1 is 1.45 bits per heavy atom. The summed E-state index contributed by atoms with van der Waals surface area (Å²) in [5.74, 6) is 0.116. The van der Waals surface area contributed by atoms with Crippen LogP contribution in [-0.2, 0) is 19.4 Å². The number of hydrogen-bond acceptors (Lipinski definition) is 4. The van der Waals surface area contributed by atoms with Crippen molar-refractivity contribution in [3.63, 3.8) is 0 Å². The lowest BCUT2D eigenvalue weighted by molar-refractivity contribution is 0.0949. The average Bonchev–Trinajstić information content (AvgIpc) is 2.75. The quantitative estimate of drug-likeness (QED) is 0.896. The van der Waals surface area contributed by atoms with E-state index in [0.717, 1.165) is 38.0 Å². The summed E-state index contributed by atoms with van der Waals surface area (Å²) in [7, 11) is 6.18. The van der Waals surface area contributed by atoms with Gasteiger partial charge >= 0.3 is 0 Å². The Kier molecular flexibility index (Phi) is 5.18. The van der Waals surface area contributed by atoms with E-state index >= 15 is 0 Å². The molecule has 0 bridgehead atoms. The van der Waals surface area contributed by atoms with E-state index in [0.29, 0.717) is 6.54 Å². The van der Waals surface area contributed by atoms with E-state index in [1.807, 2.05) is 25.4 Å².